The summed E-state index contributed by atoms with van der Waals surface area (Å²) in [5, 5.41) is 8.62. The lowest BCUT2D eigenvalue weighted by molar-refractivity contribution is -0.137. The molecular formula is C11H19NO2. The van der Waals surface area contributed by atoms with Crippen molar-refractivity contribution in [1.29, 1.82) is 0 Å². The minimum Gasteiger partial charge on any atom is -0.481 e. The maximum atomic E-state index is 10.5. The molecule has 2 aliphatic rings. The fourth-order valence-corrected chi connectivity index (χ4v) is 2.78. The van der Waals surface area contributed by atoms with Gasteiger partial charge in [0.05, 0.1) is 0 Å². The highest BCUT2D eigenvalue weighted by molar-refractivity contribution is 5.66. The highest BCUT2D eigenvalue weighted by atomic mass is 16.4. The summed E-state index contributed by atoms with van der Waals surface area (Å²) in [6.07, 6.45) is 7.82. The molecule has 1 aliphatic heterocycles. The Hall–Kier alpha value is -0.570. The molecule has 3 heteroatoms. The first kappa shape index (κ1) is 9.97. The van der Waals surface area contributed by atoms with Gasteiger partial charge in [0.2, 0.25) is 0 Å². The summed E-state index contributed by atoms with van der Waals surface area (Å²) in [6, 6.07) is 1.36. The molecule has 1 unspecified atom stereocenters. The minimum atomic E-state index is -0.650. The van der Waals surface area contributed by atoms with Crippen molar-refractivity contribution in [3.63, 3.8) is 0 Å². The van der Waals surface area contributed by atoms with Crippen LogP contribution in [0.4, 0.5) is 0 Å². The average molecular weight is 197 g/mol. The quantitative estimate of drug-likeness (QED) is 0.748. The van der Waals surface area contributed by atoms with E-state index in [0.717, 1.165) is 12.5 Å². The first-order valence-electron chi connectivity index (χ1n) is 5.75. The SMILES string of the molecule is O=C(O)CCC1CCN1C1CCCC1. The minimum absolute atomic E-state index is 0.341. The standard InChI is InChI=1S/C11H19NO2/c13-11(14)6-5-10-7-8-12(10)9-3-1-2-4-9/h9-10H,1-8H2,(H,13,14). The number of nitrogens with zero attached hydrogens (tertiary/aromatic N) is 1. The van der Waals surface area contributed by atoms with Crippen molar-refractivity contribution in [3.05, 3.63) is 0 Å². The van der Waals surface area contributed by atoms with E-state index in [0.29, 0.717) is 12.5 Å². The van der Waals surface area contributed by atoms with Crippen LogP contribution in [-0.4, -0.2) is 34.6 Å². The topological polar surface area (TPSA) is 40.5 Å². The highest BCUT2D eigenvalue weighted by Crippen LogP contribution is 2.32. The summed E-state index contributed by atoms with van der Waals surface area (Å²) in [5.74, 6) is -0.650. The first-order valence-corrected chi connectivity index (χ1v) is 5.75. The van der Waals surface area contributed by atoms with Gasteiger partial charge < -0.3 is 5.11 Å². The number of hydrogen-bond acceptors (Lipinski definition) is 2. The lowest BCUT2D eigenvalue weighted by Gasteiger charge is -2.45. The molecule has 0 radical (unpaired) electrons. The molecule has 1 aliphatic carbocycles. The number of aliphatic carboxylic acids is 1. The second-order valence-corrected chi connectivity index (χ2v) is 4.55. The summed E-state index contributed by atoms with van der Waals surface area (Å²) < 4.78 is 0. The Kier molecular flexibility index (Phi) is 3.06. The van der Waals surface area contributed by atoms with Crippen molar-refractivity contribution in [1.82, 2.24) is 4.90 Å². The maximum Gasteiger partial charge on any atom is 0.303 e. The summed E-state index contributed by atoms with van der Waals surface area (Å²) in [6.45, 7) is 1.20. The molecule has 2 fully saturated rings. The summed E-state index contributed by atoms with van der Waals surface area (Å²) in [5.41, 5.74) is 0. The Morgan fingerprint density at radius 2 is 2.00 bits per heavy atom. The molecular weight excluding hydrogens is 178 g/mol. The van der Waals surface area contributed by atoms with Crippen LogP contribution in [0.2, 0.25) is 0 Å². The van der Waals surface area contributed by atoms with E-state index >= 15 is 0 Å². The van der Waals surface area contributed by atoms with Crippen molar-refractivity contribution in [2.75, 3.05) is 6.54 Å². The van der Waals surface area contributed by atoms with E-state index in [1.54, 1.807) is 0 Å². The van der Waals surface area contributed by atoms with E-state index in [2.05, 4.69) is 4.90 Å². The van der Waals surface area contributed by atoms with Crippen molar-refractivity contribution in [3.8, 4) is 0 Å². The molecule has 0 aromatic carbocycles. The Labute approximate surface area is 85.1 Å². The highest BCUT2D eigenvalue weighted by Gasteiger charge is 2.34. The molecule has 0 spiro atoms. The zero-order valence-electron chi connectivity index (χ0n) is 8.61. The second kappa shape index (κ2) is 4.30. The molecule has 0 amide bonds. The Balaban J connectivity index is 1.74. The van der Waals surface area contributed by atoms with E-state index in [1.165, 1.54) is 38.6 Å². The van der Waals surface area contributed by atoms with Gasteiger partial charge >= 0.3 is 5.97 Å². The van der Waals surface area contributed by atoms with Crippen LogP contribution in [0.5, 0.6) is 0 Å². The molecule has 1 N–H and O–H groups in total. The van der Waals surface area contributed by atoms with E-state index in [4.69, 9.17) is 5.11 Å². The fraction of sp³-hybridized carbons (Fsp3) is 0.909. The average Bonchev–Trinajstić information content (AvgIpc) is 2.54. The monoisotopic (exact) mass is 197 g/mol. The van der Waals surface area contributed by atoms with Gasteiger partial charge in [-0.1, -0.05) is 12.8 Å². The summed E-state index contributed by atoms with van der Waals surface area (Å²) in [7, 11) is 0. The van der Waals surface area contributed by atoms with Gasteiger partial charge in [-0.3, -0.25) is 9.69 Å². The fourth-order valence-electron chi connectivity index (χ4n) is 2.78. The molecule has 0 bridgehead atoms. The molecule has 1 atom stereocenters. The van der Waals surface area contributed by atoms with E-state index in [1.807, 2.05) is 0 Å². The van der Waals surface area contributed by atoms with Crippen LogP contribution >= 0.6 is 0 Å². The third-order valence-corrected chi connectivity index (χ3v) is 3.67. The number of rotatable bonds is 4. The first-order chi connectivity index (χ1) is 6.77. The van der Waals surface area contributed by atoms with Gasteiger partial charge in [0.15, 0.2) is 0 Å². The normalized spacial score (nSPS) is 29.0. The predicted molar refractivity (Wildman–Crippen MR) is 54.2 cm³/mol. The number of hydrogen-bond donors (Lipinski definition) is 1. The number of carbonyl (C=O) groups is 1. The lowest BCUT2D eigenvalue weighted by atomic mass is 9.94. The molecule has 0 aromatic rings. The van der Waals surface area contributed by atoms with Crippen molar-refractivity contribution in [2.45, 2.75) is 57.0 Å². The zero-order chi connectivity index (χ0) is 9.97. The van der Waals surface area contributed by atoms with Gasteiger partial charge in [-0.25, -0.2) is 0 Å². The van der Waals surface area contributed by atoms with E-state index in [-0.39, 0.29) is 0 Å². The van der Waals surface area contributed by atoms with Gasteiger partial charge in [0.1, 0.15) is 0 Å². The predicted octanol–water partition coefficient (Wildman–Crippen LogP) is 1.87. The zero-order valence-corrected chi connectivity index (χ0v) is 8.61. The van der Waals surface area contributed by atoms with Gasteiger partial charge in [0, 0.05) is 25.0 Å². The Morgan fingerprint density at radius 1 is 1.29 bits per heavy atom. The number of likely N-dealkylation sites (tertiary alicyclic amines) is 1. The molecule has 1 saturated heterocycles. The molecule has 2 rings (SSSR count). The van der Waals surface area contributed by atoms with E-state index < -0.39 is 5.97 Å². The second-order valence-electron chi connectivity index (χ2n) is 4.55. The molecule has 14 heavy (non-hydrogen) atoms. The van der Waals surface area contributed by atoms with Crippen LogP contribution in [0.15, 0.2) is 0 Å². The van der Waals surface area contributed by atoms with Gasteiger partial charge in [-0.15, -0.1) is 0 Å². The van der Waals surface area contributed by atoms with Crippen LogP contribution in [-0.2, 0) is 4.79 Å². The van der Waals surface area contributed by atoms with Gasteiger partial charge in [-0.2, -0.15) is 0 Å². The van der Waals surface area contributed by atoms with Gasteiger partial charge in [0.25, 0.3) is 0 Å². The lowest BCUT2D eigenvalue weighted by Crippen LogP contribution is -2.52. The Morgan fingerprint density at radius 3 is 2.50 bits per heavy atom. The van der Waals surface area contributed by atoms with Crippen molar-refractivity contribution >= 4 is 5.97 Å². The third kappa shape index (κ3) is 2.08. The summed E-state index contributed by atoms with van der Waals surface area (Å²) >= 11 is 0. The van der Waals surface area contributed by atoms with Crippen LogP contribution in [0.3, 0.4) is 0 Å². The third-order valence-electron chi connectivity index (χ3n) is 3.67. The van der Waals surface area contributed by atoms with Crippen molar-refractivity contribution in [2.24, 2.45) is 0 Å². The van der Waals surface area contributed by atoms with Crippen LogP contribution in [0, 0.1) is 0 Å². The number of carboxylic acid groups (broad SMARTS) is 1. The van der Waals surface area contributed by atoms with Crippen LogP contribution in [0.25, 0.3) is 0 Å². The molecule has 1 heterocycles. The molecule has 0 aromatic heterocycles. The summed E-state index contributed by atoms with van der Waals surface area (Å²) in [4.78, 5) is 13.0. The van der Waals surface area contributed by atoms with Crippen LogP contribution < -0.4 is 0 Å². The van der Waals surface area contributed by atoms with Gasteiger partial charge in [-0.05, 0) is 25.7 Å². The van der Waals surface area contributed by atoms with E-state index in [9.17, 15) is 4.79 Å². The maximum absolute atomic E-state index is 10.5. The van der Waals surface area contributed by atoms with Crippen molar-refractivity contribution < 1.29 is 9.90 Å². The molecule has 1 saturated carbocycles. The number of carboxylic acids is 1. The smallest absolute Gasteiger partial charge is 0.303 e. The van der Waals surface area contributed by atoms with Crippen LogP contribution in [0.1, 0.15) is 44.9 Å². The largest absolute Gasteiger partial charge is 0.481 e. The molecule has 3 nitrogen and oxygen atoms in total. The Bertz CT molecular complexity index is 211. The molecule has 80 valence electrons.